The summed E-state index contributed by atoms with van der Waals surface area (Å²) in [6, 6.07) is 7.42. The molecule has 0 aliphatic heterocycles. The van der Waals surface area contributed by atoms with Crippen molar-refractivity contribution < 1.29 is 9.47 Å². The Balaban J connectivity index is 2.76. The van der Waals surface area contributed by atoms with Crippen LogP contribution >= 0.6 is 0 Å². The summed E-state index contributed by atoms with van der Waals surface area (Å²) in [4.78, 5) is 0. The fraction of sp³-hybridized carbons (Fsp3) is 0.333. The van der Waals surface area contributed by atoms with Gasteiger partial charge in [0.25, 0.3) is 12.5 Å². The molecule has 0 fully saturated rings. The molecule has 2 atom stereocenters. The Morgan fingerprint density at radius 2 is 1.19 bits per heavy atom. The van der Waals surface area contributed by atoms with E-state index in [1.54, 1.807) is 26.4 Å². The van der Waals surface area contributed by atoms with Crippen molar-refractivity contribution in [1.29, 1.82) is 10.5 Å². The van der Waals surface area contributed by atoms with Gasteiger partial charge in [-0.3, -0.25) is 0 Å². The minimum absolute atomic E-state index is 0.258. The van der Waals surface area contributed by atoms with Crippen molar-refractivity contribution in [2.45, 2.75) is 26.1 Å². The third-order valence-corrected chi connectivity index (χ3v) is 2.33. The zero-order valence-electron chi connectivity index (χ0n) is 9.18. The van der Waals surface area contributed by atoms with E-state index in [2.05, 4.69) is 0 Å². The SMILES string of the molecule is CC(OC#N)c1ccc(C(C)OC#N)cc1. The first-order valence-electron chi connectivity index (χ1n) is 4.88. The first-order valence-corrected chi connectivity index (χ1v) is 4.88. The summed E-state index contributed by atoms with van der Waals surface area (Å²) in [5.41, 5.74) is 1.82. The van der Waals surface area contributed by atoms with Crippen LogP contribution in [-0.4, -0.2) is 0 Å². The van der Waals surface area contributed by atoms with Gasteiger partial charge in [-0.15, -0.1) is 0 Å². The predicted octanol–water partition coefficient (Wildman–Crippen LogP) is 2.80. The zero-order valence-corrected chi connectivity index (χ0v) is 9.18. The predicted molar refractivity (Wildman–Crippen MR) is 56.7 cm³/mol. The van der Waals surface area contributed by atoms with Gasteiger partial charge in [0.2, 0.25) is 0 Å². The van der Waals surface area contributed by atoms with E-state index < -0.39 is 0 Å². The third kappa shape index (κ3) is 2.90. The van der Waals surface area contributed by atoms with E-state index in [1.165, 1.54) is 0 Å². The first-order chi connectivity index (χ1) is 7.69. The number of nitrogens with zero attached hydrogens (tertiary/aromatic N) is 2. The second kappa shape index (κ2) is 5.63. The lowest BCUT2D eigenvalue weighted by Gasteiger charge is -2.11. The molecule has 4 heteroatoms. The van der Waals surface area contributed by atoms with Crippen LogP contribution in [0.5, 0.6) is 0 Å². The van der Waals surface area contributed by atoms with Crippen LogP contribution in [0.2, 0.25) is 0 Å². The number of hydrogen-bond acceptors (Lipinski definition) is 4. The van der Waals surface area contributed by atoms with Gasteiger partial charge in [-0.25, -0.2) is 0 Å². The van der Waals surface area contributed by atoms with E-state index in [-0.39, 0.29) is 12.2 Å². The molecule has 82 valence electrons. The van der Waals surface area contributed by atoms with E-state index in [0.717, 1.165) is 11.1 Å². The molecule has 0 bridgehead atoms. The lowest BCUT2D eigenvalue weighted by molar-refractivity contribution is 0.179. The van der Waals surface area contributed by atoms with Crippen LogP contribution in [0.25, 0.3) is 0 Å². The van der Waals surface area contributed by atoms with Crippen molar-refractivity contribution in [1.82, 2.24) is 0 Å². The van der Waals surface area contributed by atoms with Crippen LogP contribution in [0.3, 0.4) is 0 Å². The average Bonchev–Trinajstić information content (AvgIpc) is 2.30. The molecule has 1 aromatic rings. The highest BCUT2D eigenvalue weighted by Crippen LogP contribution is 2.21. The Kier molecular flexibility index (Phi) is 4.17. The molecule has 0 radical (unpaired) electrons. The molecule has 1 aromatic carbocycles. The molecule has 0 amide bonds. The number of hydrogen-bond donors (Lipinski definition) is 0. The molecule has 16 heavy (non-hydrogen) atoms. The topological polar surface area (TPSA) is 66.0 Å². The second-order valence-corrected chi connectivity index (χ2v) is 3.37. The van der Waals surface area contributed by atoms with Gasteiger partial charge in [0.1, 0.15) is 12.2 Å². The van der Waals surface area contributed by atoms with Crippen LogP contribution in [0.4, 0.5) is 0 Å². The van der Waals surface area contributed by atoms with E-state index >= 15 is 0 Å². The Hall–Kier alpha value is -2.20. The number of ether oxygens (including phenoxy) is 2. The van der Waals surface area contributed by atoms with Crippen molar-refractivity contribution in [2.24, 2.45) is 0 Å². The molecule has 0 aliphatic rings. The molecule has 0 saturated carbocycles. The lowest BCUT2D eigenvalue weighted by atomic mass is 10.1. The van der Waals surface area contributed by atoms with Crippen molar-refractivity contribution >= 4 is 0 Å². The first kappa shape index (κ1) is 11.9. The molecule has 4 nitrogen and oxygen atoms in total. The van der Waals surface area contributed by atoms with Gasteiger partial charge in [0.15, 0.2) is 0 Å². The normalized spacial score (nSPS) is 13.0. The maximum Gasteiger partial charge on any atom is 0.286 e. The van der Waals surface area contributed by atoms with Crippen molar-refractivity contribution in [3.63, 3.8) is 0 Å². The van der Waals surface area contributed by atoms with Crippen LogP contribution in [0.1, 0.15) is 37.2 Å². The number of nitriles is 2. The van der Waals surface area contributed by atoms with Crippen LogP contribution in [0.15, 0.2) is 24.3 Å². The van der Waals surface area contributed by atoms with Crippen LogP contribution in [-0.2, 0) is 9.47 Å². The zero-order chi connectivity index (χ0) is 12.0. The molecule has 1 rings (SSSR count). The van der Waals surface area contributed by atoms with Gasteiger partial charge in [-0.1, -0.05) is 24.3 Å². The summed E-state index contributed by atoms with van der Waals surface area (Å²) in [5.74, 6) is 0. The van der Waals surface area contributed by atoms with Crippen molar-refractivity contribution in [2.75, 3.05) is 0 Å². The van der Waals surface area contributed by atoms with Crippen molar-refractivity contribution in [3.05, 3.63) is 35.4 Å². The van der Waals surface area contributed by atoms with E-state index in [9.17, 15) is 0 Å². The van der Waals surface area contributed by atoms with Crippen molar-refractivity contribution in [3.8, 4) is 12.5 Å². The minimum atomic E-state index is -0.258. The highest BCUT2D eigenvalue weighted by atomic mass is 16.5. The monoisotopic (exact) mass is 216 g/mol. The smallest absolute Gasteiger partial charge is 0.286 e. The minimum Gasteiger partial charge on any atom is -0.420 e. The molecule has 0 saturated heterocycles. The summed E-state index contributed by atoms with van der Waals surface area (Å²) >= 11 is 0. The quantitative estimate of drug-likeness (QED) is 0.726. The number of benzene rings is 1. The molecule has 0 N–H and O–H groups in total. The molecular weight excluding hydrogens is 204 g/mol. The summed E-state index contributed by atoms with van der Waals surface area (Å²) in [6.07, 6.45) is 2.80. The summed E-state index contributed by atoms with van der Waals surface area (Å²) in [6.45, 7) is 3.60. The second-order valence-electron chi connectivity index (χ2n) is 3.37. The maximum atomic E-state index is 8.38. The van der Waals surface area contributed by atoms with Gasteiger partial charge < -0.3 is 9.47 Å². The molecule has 0 aromatic heterocycles. The fourth-order valence-corrected chi connectivity index (χ4v) is 1.33. The molecular formula is C12H12N2O2. The van der Waals surface area contributed by atoms with Crippen LogP contribution < -0.4 is 0 Å². The van der Waals surface area contributed by atoms with E-state index in [1.807, 2.05) is 24.3 Å². The van der Waals surface area contributed by atoms with E-state index in [4.69, 9.17) is 20.0 Å². The number of rotatable bonds is 4. The largest absolute Gasteiger partial charge is 0.420 e. The molecule has 0 heterocycles. The van der Waals surface area contributed by atoms with Gasteiger partial charge >= 0.3 is 0 Å². The Morgan fingerprint density at radius 1 is 0.875 bits per heavy atom. The summed E-state index contributed by atoms with van der Waals surface area (Å²) < 4.78 is 9.60. The highest BCUT2D eigenvalue weighted by molar-refractivity contribution is 5.25. The fourth-order valence-electron chi connectivity index (χ4n) is 1.33. The third-order valence-electron chi connectivity index (χ3n) is 2.33. The van der Waals surface area contributed by atoms with Gasteiger partial charge in [0.05, 0.1) is 0 Å². The van der Waals surface area contributed by atoms with Crippen LogP contribution in [0, 0.1) is 23.0 Å². The molecule has 0 aliphatic carbocycles. The maximum absolute atomic E-state index is 8.38. The van der Waals surface area contributed by atoms with Gasteiger partial charge in [-0.05, 0) is 25.0 Å². The highest BCUT2D eigenvalue weighted by Gasteiger charge is 2.09. The van der Waals surface area contributed by atoms with Gasteiger partial charge in [0, 0.05) is 0 Å². The Bertz CT molecular complexity index is 373. The lowest BCUT2D eigenvalue weighted by Crippen LogP contribution is -1.98. The Morgan fingerprint density at radius 3 is 1.44 bits per heavy atom. The Labute approximate surface area is 94.6 Å². The summed E-state index contributed by atoms with van der Waals surface area (Å²) in [7, 11) is 0. The standard InChI is InChI=1S/C12H12N2O2/c1-9(15-7-13)11-3-5-12(6-4-11)10(2)16-8-14/h3-6,9-10H,1-2H3. The summed E-state index contributed by atoms with van der Waals surface area (Å²) in [5, 5.41) is 16.8. The van der Waals surface area contributed by atoms with E-state index in [0.29, 0.717) is 0 Å². The average molecular weight is 216 g/mol. The molecule has 2 unspecified atom stereocenters. The molecule has 0 spiro atoms. The van der Waals surface area contributed by atoms with Gasteiger partial charge in [-0.2, -0.15) is 10.5 Å².